The number of hydrogen-bond acceptors (Lipinski definition) is 4. The molecular formula is C22H22Cl2F4N2O3. The van der Waals surface area contributed by atoms with Crippen LogP contribution in [0.25, 0.3) is 0 Å². The fourth-order valence-corrected chi connectivity index (χ4v) is 4.10. The highest BCUT2D eigenvalue weighted by Crippen LogP contribution is 2.37. The van der Waals surface area contributed by atoms with Gasteiger partial charge in [-0.1, -0.05) is 44.0 Å². The number of alkyl halides is 3. The molecule has 2 heterocycles. The topological polar surface area (TPSA) is 51.7 Å². The summed E-state index contributed by atoms with van der Waals surface area (Å²) in [6, 6.07) is 3.30. The van der Waals surface area contributed by atoms with Crippen LogP contribution < -0.4 is 9.47 Å². The van der Waals surface area contributed by atoms with E-state index in [1.807, 2.05) is 20.8 Å². The molecular weight excluding hydrogens is 487 g/mol. The summed E-state index contributed by atoms with van der Waals surface area (Å²) in [5.74, 6) is -1.82. The van der Waals surface area contributed by atoms with E-state index < -0.39 is 30.4 Å². The molecule has 11 heteroatoms. The number of halogens is 6. The molecule has 1 aliphatic rings. The molecule has 3 rings (SSSR count). The van der Waals surface area contributed by atoms with E-state index in [2.05, 4.69) is 9.72 Å². The number of nitrogens with zero attached hydrogens (tertiary/aromatic N) is 2. The number of carbonyl (C=O) groups excluding carboxylic acids is 1. The molecule has 0 bridgehead atoms. The first-order valence-electron chi connectivity index (χ1n) is 10.1. The predicted molar refractivity (Wildman–Crippen MR) is 116 cm³/mol. The Balaban J connectivity index is 1.78. The highest BCUT2D eigenvalue weighted by atomic mass is 35.5. The highest BCUT2D eigenvalue weighted by molar-refractivity contribution is 6.32. The smallest absolute Gasteiger partial charge is 0.422 e. The van der Waals surface area contributed by atoms with Crippen LogP contribution in [0.5, 0.6) is 17.4 Å². The van der Waals surface area contributed by atoms with Crippen molar-refractivity contribution in [3.8, 4) is 17.4 Å². The van der Waals surface area contributed by atoms with Crippen molar-refractivity contribution in [2.75, 3.05) is 13.2 Å². The fraction of sp³-hybridized carbons (Fsp3) is 0.455. The molecule has 1 fully saturated rings. The average molecular weight is 509 g/mol. The van der Waals surface area contributed by atoms with Crippen molar-refractivity contribution in [1.82, 2.24) is 9.88 Å². The fourth-order valence-electron chi connectivity index (χ4n) is 3.68. The largest absolute Gasteiger partial charge is 0.467 e. The van der Waals surface area contributed by atoms with Gasteiger partial charge in [0.25, 0.3) is 5.91 Å². The van der Waals surface area contributed by atoms with E-state index in [1.165, 1.54) is 6.07 Å². The Kier molecular flexibility index (Phi) is 7.33. The van der Waals surface area contributed by atoms with Gasteiger partial charge in [0.05, 0.1) is 16.8 Å². The number of benzene rings is 1. The molecule has 5 nitrogen and oxygen atoms in total. The van der Waals surface area contributed by atoms with E-state index in [1.54, 1.807) is 4.90 Å². The monoisotopic (exact) mass is 508 g/mol. The van der Waals surface area contributed by atoms with Gasteiger partial charge in [-0.25, -0.2) is 9.37 Å². The molecule has 1 amide bonds. The number of rotatable bonds is 5. The zero-order chi connectivity index (χ0) is 24.6. The van der Waals surface area contributed by atoms with E-state index in [0.717, 1.165) is 31.2 Å². The van der Waals surface area contributed by atoms with Gasteiger partial charge in [0, 0.05) is 24.7 Å². The van der Waals surface area contributed by atoms with Crippen LogP contribution in [-0.4, -0.2) is 41.2 Å². The van der Waals surface area contributed by atoms with E-state index >= 15 is 0 Å². The number of ether oxygens (including phenoxy) is 2. The molecule has 180 valence electrons. The third-order valence-electron chi connectivity index (χ3n) is 5.15. The van der Waals surface area contributed by atoms with Crippen molar-refractivity contribution in [3.05, 3.63) is 45.8 Å². The van der Waals surface area contributed by atoms with Crippen molar-refractivity contribution >= 4 is 29.1 Å². The third kappa shape index (κ3) is 6.20. The maximum absolute atomic E-state index is 14.9. The Labute approximate surface area is 198 Å². The maximum Gasteiger partial charge on any atom is 0.422 e. The molecule has 0 N–H and O–H groups in total. The zero-order valence-electron chi connectivity index (χ0n) is 18.1. The summed E-state index contributed by atoms with van der Waals surface area (Å²) in [6.07, 6.45) is -1.82. The Morgan fingerprint density at radius 3 is 2.48 bits per heavy atom. The molecule has 0 aliphatic carbocycles. The second kappa shape index (κ2) is 9.54. The molecule has 0 saturated carbocycles. The van der Waals surface area contributed by atoms with Crippen molar-refractivity contribution in [2.45, 2.75) is 45.8 Å². The number of pyridine rings is 1. The first-order valence-corrected chi connectivity index (χ1v) is 10.8. The summed E-state index contributed by atoms with van der Waals surface area (Å²) in [6.45, 7) is 5.06. The van der Waals surface area contributed by atoms with E-state index in [0.29, 0.717) is 6.54 Å². The van der Waals surface area contributed by atoms with Crippen molar-refractivity contribution in [1.29, 1.82) is 0 Å². The van der Waals surface area contributed by atoms with E-state index in [-0.39, 0.29) is 38.6 Å². The van der Waals surface area contributed by atoms with Gasteiger partial charge in [-0.2, -0.15) is 13.2 Å². The highest BCUT2D eigenvalue weighted by Gasteiger charge is 2.38. The molecule has 33 heavy (non-hydrogen) atoms. The third-order valence-corrected chi connectivity index (χ3v) is 5.71. The summed E-state index contributed by atoms with van der Waals surface area (Å²) in [5.41, 5.74) is -0.326. The molecule has 1 atom stereocenters. The number of aromatic nitrogens is 1. The van der Waals surface area contributed by atoms with Crippen LogP contribution in [-0.2, 0) is 0 Å². The lowest BCUT2D eigenvalue weighted by atomic mass is 9.85. The Bertz CT molecular complexity index is 1040. The van der Waals surface area contributed by atoms with Crippen LogP contribution in [0.2, 0.25) is 10.0 Å². The quantitative estimate of drug-likeness (QED) is 0.411. The van der Waals surface area contributed by atoms with Crippen LogP contribution in [0, 0.1) is 11.2 Å². The first kappa shape index (κ1) is 25.4. The van der Waals surface area contributed by atoms with Gasteiger partial charge < -0.3 is 14.4 Å². The number of likely N-dealkylation sites (tertiary alicyclic amines) is 1. The van der Waals surface area contributed by atoms with Crippen LogP contribution in [0.15, 0.2) is 24.4 Å². The SMILES string of the molecule is CC(C)(C)[C@@H]1CCCN1C(=O)c1cc(Cl)c(Oc2cnc(OCC(F)(F)F)c(Cl)c2)cc1F. The van der Waals surface area contributed by atoms with Gasteiger partial charge in [-0.05, 0) is 24.3 Å². The molecule has 1 saturated heterocycles. The van der Waals surface area contributed by atoms with Gasteiger partial charge >= 0.3 is 6.18 Å². The lowest BCUT2D eigenvalue weighted by Crippen LogP contribution is -2.43. The van der Waals surface area contributed by atoms with E-state index in [9.17, 15) is 22.4 Å². The number of carbonyl (C=O) groups is 1. The summed E-state index contributed by atoms with van der Waals surface area (Å²) >= 11 is 12.1. The lowest BCUT2D eigenvalue weighted by Gasteiger charge is -2.35. The molecule has 1 aromatic carbocycles. The molecule has 0 radical (unpaired) electrons. The van der Waals surface area contributed by atoms with Gasteiger partial charge in [0.15, 0.2) is 6.61 Å². The molecule has 2 aromatic rings. The van der Waals surface area contributed by atoms with Gasteiger partial charge in [0.1, 0.15) is 22.3 Å². The Morgan fingerprint density at radius 1 is 1.18 bits per heavy atom. The summed E-state index contributed by atoms with van der Waals surface area (Å²) in [5, 5.41) is -0.262. The average Bonchev–Trinajstić information content (AvgIpc) is 3.19. The normalized spacial score (nSPS) is 16.8. The summed E-state index contributed by atoms with van der Waals surface area (Å²) in [7, 11) is 0. The zero-order valence-corrected chi connectivity index (χ0v) is 19.6. The molecule has 1 aromatic heterocycles. The Hall–Kier alpha value is -2.26. The molecule has 0 unspecified atom stereocenters. The van der Waals surface area contributed by atoms with E-state index in [4.69, 9.17) is 27.9 Å². The minimum absolute atomic E-state index is 0.00734. The predicted octanol–water partition coefficient (Wildman–Crippen LogP) is 6.91. The van der Waals surface area contributed by atoms with Crippen molar-refractivity contribution in [2.24, 2.45) is 5.41 Å². The standard InChI is InChI=1S/C22H22Cl2F4N2O3/c1-21(2,3)18-5-4-6-30(18)20(31)13-8-14(23)17(9-16(13)25)33-12-7-15(24)19(29-10-12)32-11-22(26,27)28/h7-10,18H,4-6,11H2,1-3H3/t18-/m0/s1. The number of amides is 1. The number of hydrogen-bond donors (Lipinski definition) is 0. The van der Waals surface area contributed by atoms with Crippen molar-refractivity contribution in [3.63, 3.8) is 0 Å². The minimum Gasteiger partial charge on any atom is -0.467 e. The lowest BCUT2D eigenvalue weighted by molar-refractivity contribution is -0.154. The second-order valence-electron chi connectivity index (χ2n) is 8.75. The maximum atomic E-state index is 14.9. The van der Waals surface area contributed by atoms with Crippen LogP contribution in [0.4, 0.5) is 17.6 Å². The van der Waals surface area contributed by atoms with Gasteiger partial charge in [0.2, 0.25) is 5.88 Å². The second-order valence-corrected chi connectivity index (χ2v) is 9.56. The van der Waals surface area contributed by atoms with Gasteiger partial charge in [-0.15, -0.1) is 0 Å². The van der Waals surface area contributed by atoms with Gasteiger partial charge in [-0.3, -0.25) is 4.79 Å². The molecule has 1 aliphatic heterocycles. The van der Waals surface area contributed by atoms with Crippen LogP contribution in [0.1, 0.15) is 44.0 Å². The van der Waals surface area contributed by atoms with Crippen molar-refractivity contribution < 1.29 is 31.8 Å². The van der Waals surface area contributed by atoms with Crippen LogP contribution in [0.3, 0.4) is 0 Å². The molecule has 0 spiro atoms. The summed E-state index contributed by atoms with van der Waals surface area (Å²) in [4.78, 5) is 18.4. The minimum atomic E-state index is -4.55. The Morgan fingerprint density at radius 2 is 1.88 bits per heavy atom. The van der Waals surface area contributed by atoms with Crippen LogP contribution >= 0.6 is 23.2 Å². The first-order chi connectivity index (χ1) is 15.3. The summed E-state index contributed by atoms with van der Waals surface area (Å²) < 4.78 is 61.7.